The summed E-state index contributed by atoms with van der Waals surface area (Å²) < 4.78 is 4.62. The van der Waals surface area contributed by atoms with Crippen LogP contribution in [0.15, 0.2) is 11.2 Å². The highest BCUT2D eigenvalue weighted by molar-refractivity contribution is 7.11. The van der Waals surface area contributed by atoms with E-state index in [1.165, 1.54) is 12.0 Å². The molecule has 0 bridgehead atoms. The molecule has 0 atom stereocenters. The highest BCUT2D eigenvalue weighted by Crippen LogP contribution is 2.13. The number of hydrogen-bond acceptors (Lipinski definition) is 5. The van der Waals surface area contributed by atoms with Crippen LogP contribution in [0.4, 0.5) is 0 Å². The average Bonchev–Trinajstić information content (AvgIpc) is 3.02. The van der Waals surface area contributed by atoms with E-state index in [4.69, 9.17) is 0 Å². The second kappa shape index (κ2) is 11.9. The van der Waals surface area contributed by atoms with Crippen molar-refractivity contribution in [3.05, 3.63) is 16.1 Å². The Bertz CT molecular complexity index is 488. The number of aromatic nitrogens is 1. The van der Waals surface area contributed by atoms with Crippen LogP contribution in [-0.2, 0) is 22.4 Å². The minimum absolute atomic E-state index is 0.158. The second-order valence-corrected chi connectivity index (χ2v) is 6.24. The molecular weight excluding hydrogens is 312 g/mol. The number of esters is 1. The number of carbonyl (C=O) groups excluding carboxylic acids is 1. The molecule has 1 aromatic rings. The van der Waals surface area contributed by atoms with Crippen molar-refractivity contribution in [2.75, 3.05) is 26.7 Å². The second-order valence-electron chi connectivity index (χ2n) is 5.04. The molecule has 1 heterocycles. The number of methoxy groups -OCH3 is 1. The lowest BCUT2D eigenvalue weighted by molar-refractivity contribution is -0.140. The first-order chi connectivity index (χ1) is 11.2. The van der Waals surface area contributed by atoms with Crippen molar-refractivity contribution in [2.24, 2.45) is 4.99 Å². The summed E-state index contributed by atoms with van der Waals surface area (Å²) in [5.74, 6) is 0.659. The molecule has 130 valence electrons. The van der Waals surface area contributed by atoms with Gasteiger partial charge in [-0.25, -0.2) is 4.98 Å². The largest absolute Gasteiger partial charge is 0.469 e. The number of thiazole rings is 1. The van der Waals surface area contributed by atoms with Gasteiger partial charge >= 0.3 is 5.97 Å². The van der Waals surface area contributed by atoms with Gasteiger partial charge in [-0.1, -0.05) is 6.92 Å². The van der Waals surface area contributed by atoms with E-state index in [0.717, 1.165) is 49.7 Å². The van der Waals surface area contributed by atoms with Crippen LogP contribution in [0, 0.1) is 0 Å². The molecule has 0 aliphatic rings. The Morgan fingerprint density at radius 2 is 2.17 bits per heavy atom. The molecule has 0 spiro atoms. The third kappa shape index (κ3) is 8.54. The van der Waals surface area contributed by atoms with Crippen molar-refractivity contribution in [1.82, 2.24) is 15.6 Å². The number of nitrogens with one attached hydrogen (secondary N) is 2. The molecule has 6 nitrogen and oxygen atoms in total. The van der Waals surface area contributed by atoms with Crippen molar-refractivity contribution in [1.29, 1.82) is 0 Å². The number of ether oxygens (including phenoxy) is 1. The van der Waals surface area contributed by atoms with Crippen LogP contribution >= 0.6 is 11.3 Å². The lowest BCUT2D eigenvalue weighted by Gasteiger charge is -2.10. The minimum atomic E-state index is -0.158. The molecule has 0 unspecified atom stereocenters. The van der Waals surface area contributed by atoms with E-state index in [1.807, 2.05) is 13.1 Å². The van der Waals surface area contributed by atoms with Gasteiger partial charge in [0.2, 0.25) is 0 Å². The maximum Gasteiger partial charge on any atom is 0.305 e. The Morgan fingerprint density at radius 3 is 2.83 bits per heavy atom. The fraction of sp³-hybridized carbons (Fsp3) is 0.688. The Kier molecular flexibility index (Phi) is 10.0. The van der Waals surface area contributed by atoms with Gasteiger partial charge in [0.25, 0.3) is 0 Å². The molecule has 1 aromatic heterocycles. The fourth-order valence-corrected chi connectivity index (χ4v) is 2.79. The number of rotatable bonds is 10. The zero-order valence-electron chi connectivity index (χ0n) is 14.4. The van der Waals surface area contributed by atoms with Crippen LogP contribution in [0.25, 0.3) is 0 Å². The van der Waals surface area contributed by atoms with Gasteiger partial charge in [0.05, 0.1) is 12.1 Å². The summed E-state index contributed by atoms with van der Waals surface area (Å²) in [6.07, 6.45) is 6.03. The standard InChI is InChI=1S/C16H28N4O2S/c1-4-13-12-20-14(23-13)9-11-19-16(17-5-2)18-10-7-6-8-15(21)22-3/h12H,4-11H2,1-3H3,(H2,17,18,19). The molecule has 0 saturated heterocycles. The first kappa shape index (κ1) is 19.4. The number of guanidine groups is 1. The topological polar surface area (TPSA) is 75.6 Å². The Hall–Kier alpha value is -1.63. The van der Waals surface area contributed by atoms with Crippen LogP contribution in [0.5, 0.6) is 0 Å². The quantitative estimate of drug-likeness (QED) is 0.295. The summed E-state index contributed by atoms with van der Waals surface area (Å²) in [4.78, 5) is 21.3. The van der Waals surface area contributed by atoms with Crippen LogP contribution in [0.2, 0.25) is 0 Å². The number of aryl methyl sites for hydroxylation is 1. The molecule has 0 aliphatic carbocycles. The summed E-state index contributed by atoms with van der Waals surface area (Å²) in [6.45, 7) is 6.52. The summed E-state index contributed by atoms with van der Waals surface area (Å²) in [5.41, 5.74) is 0. The first-order valence-electron chi connectivity index (χ1n) is 8.22. The van der Waals surface area contributed by atoms with Crippen molar-refractivity contribution in [3.8, 4) is 0 Å². The Balaban J connectivity index is 2.27. The molecule has 7 heteroatoms. The smallest absolute Gasteiger partial charge is 0.305 e. The van der Waals surface area contributed by atoms with Gasteiger partial charge in [0.1, 0.15) is 0 Å². The fourth-order valence-electron chi connectivity index (χ4n) is 1.93. The summed E-state index contributed by atoms with van der Waals surface area (Å²) in [5, 5.41) is 7.70. The summed E-state index contributed by atoms with van der Waals surface area (Å²) in [7, 11) is 1.42. The number of carbonyl (C=O) groups is 1. The SMILES string of the molecule is CCNC(=NCCCCC(=O)OC)NCCc1ncc(CC)s1. The van der Waals surface area contributed by atoms with Crippen molar-refractivity contribution in [2.45, 2.75) is 46.0 Å². The number of aliphatic imine (C=N–C) groups is 1. The lowest BCUT2D eigenvalue weighted by Crippen LogP contribution is -2.38. The van der Waals surface area contributed by atoms with E-state index in [-0.39, 0.29) is 5.97 Å². The highest BCUT2D eigenvalue weighted by atomic mass is 32.1. The third-order valence-corrected chi connectivity index (χ3v) is 4.41. The van der Waals surface area contributed by atoms with Crippen molar-refractivity contribution in [3.63, 3.8) is 0 Å². The number of nitrogens with zero attached hydrogens (tertiary/aromatic N) is 2. The van der Waals surface area contributed by atoms with E-state index in [9.17, 15) is 4.79 Å². The zero-order valence-corrected chi connectivity index (χ0v) is 15.2. The molecule has 0 saturated carbocycles. The van der Waals surface area contributed by atoms with Crippen LogP contribution in [-0.4, -0.2) is 43.7 Å². The van der Waals surface area contributed by atoms with E-state index in [0.29, 0.717) is 13.0 Å². The van der Waals surface area contributed by atoms with E-state index in [1.54, 1.807) is 11.3 Å². The van der Waals surface area contributed by atoms with E-state index >= 15 is 0 Å². The zero-order chi connectivity index (χ0) is 16.9. The van der Waals surface area contributed by atoms with Crippen molar-refractivity contribution >= 4 is 23.3 Å². The number of hydrogen-bond donors (Lipinski definition) is 2. The van der Waals surface area contributed by atoms with E-state index in [2.05, 4.69) is 32.3 Å². The molecule has 23 heavy (non-hydrogen) atoms. The maximum absolute atomic E-state index is 11.0. The number of unbranched alkanes of at least 4 members (excludes halogenated alkanes) is 1. The van der Waals surface area contributed by atoms with Gasteiger partial charge in [-0.2, -0.15) is 0 Å². The molecular formula is C16H28N4O2S. The molecule has 0 aromatic carbocycles. The van der Waals surface area contributed by atoms with Gasteiger partial charge < -0.3 is 15.4 Å². The minimum Gasteiger partial charge on any atom is -0.469 e. The van der Waals surface area contributed by atoms with Gasteiger partial charge in [0.15, 0.2) is 5.96 Å². The van der Waals surface area contributed by atoms with Gasteiger partial charge in [-0.05, 0) is 26.2 Å². The van der Waals surface area contributed by atoms with Gasteiger partial charge in [-0.15, -0.1) is 11.3 Å². The third-order valence-electron chi connectivity index (χ3n) is 3.21. The molecule has 0 amide bonds. The average molecular weight is 340 g/mol. The van der Waals surface area contributed by atoms with Gasteiger partial charge in [0, 0.05) is 43.5 Å². The van der Waals surface area contributed by atoms with Crippen LogP contribution in [0.1, 0.15) is 43.0 Å². The normalized spacial score (nSPS) is 11.3. The summed E-state index contributed by atoms with van der Waals surface area (Å²) >= 11 is 1.77. The first-order valence-corrected chi connectivity index (χ1v) is 9.03. The monoisotopic (exact) mass is 340 g/mol. The Morgan fingerprint density at radius 1 is 1.35 bits per heavy atom. The van der Waals surface area contributed by atoms with E-state index < -0.39 is 0 Å². The molecule has 0 fully saturated rings. The Labute approximate surface area is 142 Å². The van der Waals surface area contributed by atoms with Crippen LogP contribution in [0.3, 0.4) is 0 Å². The highest BCUT2D eigenvalue weighted by Gasteiger charge is 2.02. The maximum atomic E-state index is 11.0. The van der Waals surface area contributed by atoms with Gasteiger partial charge in [-0.3, -0.25) is 9.79 Å². The predicted molar refractivity (Wildman–Crippen MR) is 95.0 cm³/mol. The molecule has 0 aliphatic heterocycles. The molecule has 2 N–H and O–H groups in total. The van der Waals surface area contributed by atoms with Crippen LogP contribution < -0.4 is 10.6 Å². The summed E-state index contributed by atoms with van der Waals surface area (Å²) in [6, 6.07) is 0. The van der Waals surface area contributed by atoms with Crippen molar-refractivity contribution < 1.29 is 9.53 Å². The molecule has 0 radical (unpaired) electrons. The molecule has 1 rings (SSSR count). The lowest BCUT2D eigenvalue weighted by atomic mass is 10.2. The predicted octanol–water partition coefficient (Wildman–Crippen LogP) is 2.15.